The van der Waals surface area contributed by atoms with Gasteiger partial charge in [0.1, 0.15) is 17.4 Å². The predicted molar refractivity (Wildman–Crippen MR) is 79.7 cm³/mol. The number of likely N-dealkylation sites (N-methyl/N-ethyl adjacent to an activating group) is 1. The molecule has 0 saturated heterocycles. The molecule has 0 aliphatic rings. The number of nitrogens with zero attached hydrogens (tertiary/aromatic N) is 1. The number of pyridine rings is 1. The van der Waals surface area contributed by atoms with Gasteiger partial charge in [-0.3, -0.25) is 0 Å². The maximum atomic E-state index is 6.10. The number of hydrogen-bond donors (Lipinski definition) is 1. The van der Waals surface area contributed by atoms with Crippen LogP contribution in [0, 0.1) is 6.92 Å². The van der Waals surface area contributed by atoms with E-state index in [9.17, 15) is 0 Å². The molecule has 0 aliphatic heterocycles. The zero-order valence-corrected chi connectivity index (χ0v) is 12.1. The van der Waals surface area contributed by atoms with Crippen molar-refractivity contribution in [2.45, 2.75) is 39.3 Å². The SMILES string of the molecule is CCC(NC)C(C)Oc1cccc2ccc(C)nc12. The van der Waals surface area contributed by atoms with E-state index in [2.05, 4.69) is 36.3 Å². The average molecular weight is 258 g/mol. The van der Waals surface area contributed by atoms with E-state index < -0.39 is 0 Å². The molecule has 2 rings (SSSR count). The van der Waals surface area contributed by atoms with Crippen LogP contribution in [0.2, 0.25) is 0 Å². The van der Waals surface area contributed by atoms with Gasteiger partial charge in [0.25, 0.3) is 0 Å². The van der Waals surface area contributed by atoms with Crippen molar-refractivity contribution >= 4 is 10.9 Å². The first-order chi connectivity index (χ1) is 9.15. The van der Waals surface area contributed by atoms with Gasteiger partial charge in [0.15, 0.2) is 0 Å². The zero-order chi connectivity index (χ0) is 13.8. The molecule has 19 heavy (non-hydrogen) atoms. The summed E-state index contributed by atoms with van der Waals surface area (Å²) in [6.45, 7) is 6.26. The second-order valence-corrected chi connectivity index (χ2v) is 4.91. The van der Waals surface area contributed by atoms with Crippen molar-refractivity contribution in [3.63, 3.8) is 0 Å². The van der Waals surface area contributed by atoms with Crippen molar-refractivity contribution < 1.29 is 4.74 Å². The van der Waals surface area contributed by atoms with Crippen LogP contribution < -0.4 is 10.1 Å². The van der Waals surface area contributed by atoms with Crippen molar-refractivity contribution in [2.75, 3.05) is 7.05 Å². The molecule has 1 aromatic carbocycles. The van der Waals surface area contributed by atoms with Crippen molar-refractivity contribution in [2.24, 2.45) is 0 Å². The van der Waals surface area contributed by atoms with Crippen molar-refractivity contribution in [3.05, 3.63) is 36.0 Å². The molecule has 0 fully saturated rings. The summed E-state index contributed by atoms with van der Waals surface area (Å²) in [7, 11) is 1.97. The highest BCUT2D eigenvalue weighted by Gasteiger charge is 2.16. The van der Waals surface area contributed by atoms with Crippen molar-refractivity contribution in [1.29, 1.82) is 0 Å². The molecular formula is C16H22N2O. The second-order valence-electron chi connectivity index (χ2n) is 4.91. The van der Waals surface area contributed by atoms with E-state index in [1.54, 1.807) is 0 Å². The summed E-state index contributed by atoms with van der Waals surface area (Å²) in [5.74, 6) is 0.863. The van der Waals surface area contributed by atoms with Gasteiger partial charge in [-0.25, -0.2) is 4.98 Å². The Hall–Kier alpha value is -1.61. The van der Waals surface area contributed by atoms with Crippen LogP contribution in [0.15, 0.2) is 30.3 Å². The lowest BCUT2D eigenvalue weighted by molar-refractivity contribution is 0.174. The first-order valence-corrected chi connectivity index (χ1v) is 6.86. The van der Waals surface area contributed by atoms with E-state index in [1.807, 2.05) is 32.2 Å². The standard InChI is InChI=1S/C16H22N2O/c1-5-14(17-4)12(3)19-15-8-6-7-13-10-9-11(2)18-16(13)15/h6-10,12,14,17H,5H2,1-4H3. The lowest BCUT2D eigenvalue weighted by Crippen LogP contribution is -2.38. The molecule has 1 N–H and O–H groups in total. The maximum absolute atomic E-state index is 6.10. The van der Waals surface area contributed by atoms with E-state index >= 15 is 0 Å². The quantitative estimate of drug-likeness (QED) is 0.893. The summed E-state index contributed by atoms with van der Waals surface area (Å²) in [5, 5.41) is 4.40. The molecule has 2 atom stereocenters. The minimum absolute atomic E-state index is 0.114. The van der Waals surface area contributed by atoms with Crippen molar-refractivity contribution in [3.8, 4) is 5.75 Å². The highest BCUT2D eigenvalue weighted by Crippen LogP contribution is 2.25. The van der Waals surface area contributed by atoms with Gasteiger partial charge in [0.2, 0.25) is 0 Å². The van der Waals surface area contributed by atoms with Gasteiger partial charge in [-0.2, -0.15) is 0 Å². The number of para-hydroxylation sites is 1. The minimum Gasteiger partial charge on any atom is -0.487 e. The Morgan fingerprint density at radius 3 is 2.74 bits per heavy atom. The number of fused-ring (bicyclic) bond motifs is 1. The molecule has 102 valence electrons. The van der Waals surface area contributed by atoms with E-state index in [0.717, 1.165) is 28.8 Å². The summed E-state index contributed by atoms with van der Waals surface area (Å²) in [6.07, 6.45) is 1.15. The fraction of sp³-hybridized carbons (Fsp3) is 0.438. The molecule has 2 unspecified atom stereocenters. The fourth-order valence-corrected chi connectivity index (χ4v) is 2.37. The number of ether oxygens (including phenoxy) is 1. The molecule has 0 aliphatic carbocycles. The van der Waals surface area contributed by atoms with Crippen LogP contribution in [0.5, 0.6) is 5.75 Å². The third-order valence-corrected chi connectivity index (χ3v) is 3.51. The third-order valence-electron chi connectivity index (χ3n) is 3.51. The summed E-state index contributed by atoms with van der Waals surface area (Å²) in [5.41, 5.74) is 1.96. The Balaban J connectivity index is 2.32. The summed E-state index contributed by atoms with van der Waals surface area (Å²) < 4.78 is 6.10. The van der Waals surface area contributed by atoms with Crippen molar-refractivity contribution in [1.82, 2.24) is 10.3 Å². The van der Waals surface area contributed by atoms with E-state index in [4.69, 9.17) is 4.74 Å². The smallest absolute Gasteiger partial charge is 0.146 e. The first-order valence-electron chi connectivity index (χ1n) is 6.86. The summed E-state index contributed by atoms with van der Waals surface area (Å²) in [6, 6.07) is 10.5. The number of benzene rings is 1. The molecule has 0 saturated carbocycles. The lowest BCUT2D eigenvalue weighted by atomic mass is 10.1. The zero-order valence-electron chi connectivity index (χ0n) is 12.1. The number of aryl methyl sites for hydroxylation is 1. The Morgan fingerprint density at radius 2 is 2.05 bits per heavy atom. The van der Waals surface area contributed by atoms with Crippen LogP contribution in [-0.2, 0) is 0 Å². The van der Waals surface area contributed by atoms with Crippen LogP contribution in [0.3, 0.4) is 0 Å². The molecule has 0 amide bonds. The molecule has 0 spiro atoms. The number of aromatic nitrogens is 1. The van der Waals surface area contributed by atoms with Crippen LogP contribution in [0.4, 0.5) is 0 Å². The molecule has 0 radical (unpaired) electrons. The molecule has 3 nitrogen and oxygen atoms in total. The Morgan fingerprint density at radius 1 is 1.26 bits per heavy atom. The highest BCUT2D eigenvalue weighted by molar-refractivity contribution is 5.84. The van der Waals surface area contributed by atoms with Crippen LogP contribution in [0.1, 0.15) is 26.0 Å². The normalized spacial score (nSPS) is 14.3. The largest absolute Gasteiger partial charge is 0.487 e. The number of rotatable bonds is 5. The van der Waals surface area contributed by atoms with Gasteiger partial charge >= 0.3 is 0 Å². The first kappa shape index (κ1) is 13.8. The lowest BCUT2D eigenvalue weighted by Gasteiger charge is -2.23. The van der Waals surface area contributed by atoms with E-state index in [1.165, 1.54) is 0 Å². The number of nitrogens with one attached hydrogen (secondary N) is 1. The third kappa shape index (κ3) is 3.04. The van der Waals surface area contributed by atoms with Gasteiger partial charge in [0.05, 0.1) is 0 Å². The van der Waals surface area contributed by atoms with Gasteiger partial charge < -0.3 is 10.1 Å². The minimum atomic E-state index is 0.114. The van der Waals surface area contributed by atoms with Crippen LogP contribution in [-0.4, -0.2) is 24.2 Å². The van der Waals surface area contributed by atoms with Gasteiger partial charge in [0, 0.05) is 17.1 Å². The number of hydrogen-bond acceptors (Lipinski definition) is 3. The van der Waals surface area contributed by atoms with Crippen LogP contribution in [0.25, 0.3) is 10.9 Å². The van der Waals surface area contributed by atoms with Gasteiger partial charge in [-0.1, -0.05) is 25.1 Å². The molecular weight excluding hydrogens is 236 g/mol. The molecule has 1 aromatic heterocycles. The van der Waals surface area contributed by atoms with Gasteiger partial charge in [-0.15, -0.1) is 0 Å². The predicted octanol–water partition coefficient (Wildman–Crippen LogP) is 3.31. The molecule has 0 bridgehead atoms. The molecule has 3 heteroatoms. The Kier molecular flexibility index (Phi) is 4.38. The highest BCUT2D eigenvalue weighted by atomic mass is 16.5. The maximum Gasteiger partial charge on any atom is 0.146 e. The Labute approximate surface area is 115 Å². The second kappa shape index (κ2) is 6.02. The van der Waals surface area contributed by atoms with Gasteiger partial charge in [-0.05, 0) is 39.4 Å². The molecule has 2 aromatic rings. The topological polar surface area (TPSA) is 34.1 Å². The monoisotopic (exact) mass is 258 g/mol. The fourth-order valence-electron chi connectivity index (χ4n) is 2.37. The van der Waals surface area contributed by atoms with E-state index in [-0.39, 0.29) is 6.10 Å². The average Bonchev–Trinajstić information content (AvgIpc) is 2.41. The molecule has 1 heterocycles. The Bertz CT molecular complexity index is 549. The van der Waals surface area contributed by atoms with Crippen LogP contribution >= 0.6 is 0 Å². The summed E-state index contributed by atoms with van der Waals surface area (Å²) in [4.78, 5) is 4.59. The summed E-state index contributed by atoms with van der Waals surface area (Å²) >= 11 is 0. The van der Waals surface area contributed by atoms with E-state index in [0.29, 0.717) is 6.04 Å².